The molecule has 0 aromatic carbocycles. The lowest BCUT2D eigenvalue weighted by molar-refractivity contribution is -0.146. The smallest absolute Gasteiger partial charge is 0.337 e. The minimum absolute atomic E-state index is 0.0967. The largest absolute Gasteiger partial charge is 0.417 e. The lowest BCUT2D eigenvalue weighted by Crippen LogP contribution is -2.49. The summed E-state index contributed by atoms with van der Waals surface area (Å²) in [5, 5.41) is 0. The van der Waals surface area contributed by atoms with Gasteiger partial charge < -0.3 is 9.80 Å². The SMILES string of the molecule is CC(C)[C@]1(C(=O)N2CCc3ncc(C(F)(F)F)cc3C2)CCC(N2CCC(c3cncnc3)CC2)C1. The van der Waals surface area contributed by atoms with Gasteiger partial charge in [0.2, 0.25) is 5.91 Å². The molecule has 194 valence electrons. The van der Waals surface area contributed by atoms with Crippen molar-refractivity contribution in [2.45, 2.75) is 77.1 Å². The molecule has 2 aromatic rings. The van der Waals surface area contributed by atoms with Gasteiger partial charge in [0.1, 0.15) is 6.33 Å². The van der Waals surface area contributed by atoms with Crippen LogP contribution in [0, 0.1) is 11.3 Å². The van der Waals surface area contributed by atoms with Crippen molar-refractivity contribution in [2.24, 2.45) is 11.3 Å². The van der Waals surface area contributed by atoms with Crippen molar-refractivity contribution in [1.82, 2.24) is 24.8 Å². The number of alkyl halides is 3. The Kier molecular flexibility index (Phi) is 6.78. The molecule has 2 aromatic heterocycles. The number of nitrogens with zero attached hydrogens (tertiary/aromatic N) is 5. The summed E-state index contributed by atoms with van der Waals surface area (Å²) < 4.78 is 39.7. The van der Waals surface area contributed by atoms with Gasteiger partial charge in [-0.1, -0.05) is 13.8 Å². The molecule has 1 unspecified atom stereocenters. The summed E-state index contributed by atoms with van der Waals surface area (Å²) in [6, 6.07) is 1.53. The third kappa shape index (κ3) is 4.74. The topological polar surface area (TPSA) is 62.2 Å². The first-order valence-electron chi connectivity index (χ1n) is 13.0. The summed E-state index contributed by atoms with van der Waals surface area (Å²) in [6.07, 6.45) is 7.08. The molecule has 2 fully saturated rings. The van der Waals surface area contributed by atoms with Gasteiger partial charge in [0.05, 0.1) is 11.0 Å². The normalized spacial score (nSPS) is 25.8. The zero-order valence-electron chi connectivity index (χ0n) is 21.0. The maximum atomic E-state index is 14.0. The highest BCUT2D eigenvalue weighted by molar-refractivity contribution is 5.83. The number of aromatic nitrogens is 3. The van der Waals surface area contributed by atoms with Crippen molar-refractivity contribution in [3.8, 4) is 0 Å². The van der Waals surface area contributed by atoms with E-state index in [0.717, 1.165) is 51.4 Å². The molecule has 1 saturated heterocycles. The highest BCUT2D eigenvalue weighted by Gasteiger charge is 2.51. The van der Waals surface area contributed by atoms with E-state index in [0.29, 0.717) is 36.2 Å². The van der Waals surface area contributed by atoms with Crippen LogP contribution in [-0.2, 0) is 23.9 Å². The fourth-order valence-corrected chi connectivity index (χ4v) is 6.51. The molecule has 1 amide bonds. The predicted molar refractivity (Wildman–Crippen MR) is 129 cm³/mol. The van der Waals surface area contributed by atoms with Crippen LogP contribution in [0.15, 0.2) is 31.0 Å². The van der Waals surface area contributed by atoms with Gasteiger partial charge in [-0.25, -0.2) is 9.97 Å². The number of hydrogen-bond acceptors (Lipinski definition) is 5. The van der Waals surface area contributed by atoms with E-state index in [4.69, 9.17) is 0 Å². The molecule has 0 bridgehead atoms. The molecule has 0 spiro atoms. The lowest BCUT2D eigenvalue weighted by atomic mass is 9.73. The molecule has 4 heterocycles. The van der Waals surface area contributed by atoms with Gasteiger partial charge in [-0.05, 0) is 74.2 Å². The van der Waals surface area contributed by atoms with Crippen LogP contribution in [0.25, 0.3) is 0 Å². The first-order valence-corrected chi connectivity index (χ1v) is 13.0. The van der Waals surface area contributed by atoms with E-state index in [1.54, 1.807) is 11.2 Å². The van der Waals surface area contributed by atoms with Crippen LogP contribution in [0.1, 0.15) is 74.3 Å². The number of fused-ring (bicyclic) bond motifs is 1. The Balaban J connectivity index is 1.26. The average molecular weight is 502 g/mol. The highest BCUT2D eigenvalue weighted by Crippen LogP contribution is 2.48. The van der Waals surface area contributed by atoms with E-state index < -0.39 is 17.2 Å². The van der Waals surface area contributed by atoms with Crippen molar-refractivity contribution in [2.75, 3.05) is 19.6 Å². The van der Waals surface area contributed by atoms with Crippen LogP contribution in [0.4, 0.5) is 13.2 Å². The summed E-state index contributed by atoms with van der Waals surface area (Å²) >= 11 is 0. The van der Waals surface area contributed by atoms with Crippen molar-refractivity contribution in [1.29, 1.82) is 0 Å². The number of rotatable bonds is 4. The fourth-order valence-electron chi connectivity index (χ4n) is 6.51. The third-order valence-corrected chi connectivity index (χ3v) is 8.81. The summed E-state index contributed by atoms with van der Waals surface area (Å²) in [6.45, 7) is 6.93. The number of likely N-dealkylation sites (tertiary alicyclic amines) is 1. The Morgan fingerprint density at radius 3 is 2.47 bits per heavy atom. The maximum Gasteiger partial charge on any atom is 0.417 e. The van der Waals surface area contributed by atoms with Crippen molar-refractivity contribution < 1.29 is 18.0 Å². The Bertz CT molecular complexity index is 1080. The Morgan fingerprint density at radius 2 is 1.81 bits per heavy atom. The summed E-state index contributed by atoms with van der Waals surface area (Å²) in [4.78, 5) is 30.7. The minimum atomic E-state index is -4.44. The molecule has 5 rings (SSSR count). The number of hydrogen-bond donors (Lipinski definition) is 0. The summed E-state index contributed by atoms with van der Waals surface area (Å²) in [5.74, 6) is 0.735. The molecule has 1 saturated carbocycles. The second-order valence-corrected chi connectivity index (χ2v) is 11.0. The molecule has 0 radical (unpaired) electrons. The summed E-state index contributed by atoms with van der Waals surface area (Å²) in [7, 11) is 0. The van der Waals surface area contributed by atoms with E-state index in [-0.39, 0.29) is 18.4 Å². The number of carbonyl (C=O) groups is 1. The molecule has 2 atom stereocenters. The van der Waals surface area contributed by atoms with Crippen LogP contribution >= 0.6 is 0 Å². The molecule has 6 nitrogen and oxygen atoms in total. The van der Waals surface area contributed by atoms with Gasteiger partial charge in [-0.3, -0.25) is 9.78 Å². The average Bonchev–Trinajstić information content (AvgIpc) is 3.35. The molecule has 2 aliphatic heterocycles. The molecule has 36 heavy (non-hydrogen) atoms. The molecular formula is C27H34F3N5O. The zero-order chi connectivity index (χ0) is 25.5. The van der Waals surface area contributed by atoms with Crippen LogP contribution < -0.4 is 0 Å². The second-order valence-electron chi connectivity index (χ2n) is 11.0. The molecule has 0 N–H and O–H groups in total. The number of halogens is 3. The van der Waals surface area contributed by atoms with E-state index in [2.05, 4.69) is 33.7 Å². The Labute approximate surface area is 210 Å². The van der Waals surface area contributed by atoms with Crippen LogP contribution in [-0.4, -0.2) is 56.3 Å². The lowest BCUT2D eigenvalue weighted by Gasteiger charge is -2.41. The monoisotopic (exact) mass is 501 g/mol. The number of carbonyl (C=O) groups excluding carboxylic acids is 1. The van der Waals surface area contributed by atoms with Gasteiger partial charge >= 0.3 is 6.18 Å². The second kappa shape index (κ2) is 9.72. The predicted octanol–water partition coefficient (Wildman–Crippen LogP) is 4.85. The standard InChI is InChI=1S/C27H34F3N5O/c1-18(2)26(25(36)35-10-6-24-20(16-35)11-22(15-33-24)27(28,29)30)7-3-23(12-26)34-8-4-19(5-9-34)21-13-31-17-32-14-21/h11,13-15,17-19,23H,3-10,12,16H2,1-2H3/t23?,26-/m0/s1. The summed E-state index contributed by atoms with van der Waals surface area (Å²) in [5.41, 5.74) is 1.16. The van der Waals surface area contributed by atoms with Gasteiger partial charge in [0.15, 0.2) is 0 Å². The quantitative estimate of drug-likeness (QED) is 0.600. The van der Waals surface area contributed by atoms with Gasteiger partial charge in [0.25, 0.3) is 0 Å². The van der Waals surface area contributed by atoms with Gasteiger partial charge in [0, 0.05) is 49.8 Å². The fraction of sp³-hybridized carbons (Fsp3) is 0.630. The first-order chi connectivity index (χ1) is 17.2. The van der Waals surface area contributed by atoms with Crippen molar-refractivity contribution in [3.63, 3.8) is 0 Å². The first kappa shape index (κ1) is 25.1. The van der Waals surface area contributed by atoms with Crippen molar-refractivity contribution >= 4 is 5.91 Å². The van der Waals surface area contributed by atoms with E-state index in [1.807, 2.05) is 12.4 Å². The number of pyridine rings is 1. The van der Waals surface area contributed by atoms with Gasteiger partial charge in [-0.15, -0.1) is 0 Å². The van der Waals surface area contributed by atoms with E-state index in [1.165, 1.54) is 11.6 Å². The number of piperidine rings is 1. The van der Waals surface area contributed by atoms with Crippen LogP contribution in [0.3, 0.4) is 0 Å². The van der Waals surface area contributed by atoms with Crippen molar-refractivity contribution in [3.05, 3.63) is 53.4 Å². The number of amides is 1. The van der Waals surface area contributed by atoms with E-state index >= 15 is 0 Å². The minimum Gasteiger partial charge on any atom is -0.337 e. The Hall–Kier alpha value is -2.55. The van der Waals surface area contributed by atoms with Crippen LogP contribution in [0.5, 0.6) is 0 Å². The third-order valence-electron chi connectivity index (χ3n) is 8.81. The molecule has 9 heteroatoms. The van der Waals surface area contributed by atoms with E-state index in [9.17, 15) is 18.0 Å². The Morgan fingerprint density at radius 1 is 1.08 bits per heavy atom. The molecular weight excluding hydrogens is 467 g/mol. The van der Waals surface area contributed by atoms with Crippen LogP contribution in [0.2, 0.25) is 0 Å². The molecule has 1 aliphatic carbocycles. The molecule has 3 aliphatic rings. The van der Waals surface area contributed by atoms with Gasteiger partial charge in [-0.2, -0.15) is 13.2 Å². The highest BCUT2D eigenvalue weighted by atomic mass is 19.4. The zero-order valence-corrected chi connectivity index (χ0v) is 21.0. The maximum absolute atomic E-state index is 14.0.